The second-order valence-electron chi connectivity index (χ2n) is 4.59. The Morgan fingerprint density at radius 2 is 1.79 bits per heavy atom. The van der Waals surface area contributed by atoms with Crippen LogP contribution < -0.4 is 5.32 Å². The molecule has 0 heterocycles. The van der Waals surface area contributed by atoms with Gasteiger partial charge in [0, 0.05) is 6.04 Å². The maximum Gasteiger partial charge on any atom is 0.0718 e. The summed E-state index contributed by atoms with van der Waals surface area (Å²) in [6.45, 7) is 5.14. The first kappa shape index (κ1) is 12.0. The average molecular weight is 199 g/mol. The van der Waals surface area contributed by atoms with Gasteiger partial charge in [-0.2, -0.15) is 0 Å². The molecule has 1 rings (SSSR count). The molecule has 2 N–H and O–H groups in total. The second kappa shape index (κ2) is 6.41. The Morgan fingerprint density at radius 3 is 2.29 bits per heavy atom. The average Bonchev–Trinajstić information content (AvgIpc) is 2.45. The van der Waals surface area contributed by atoms with E-state index in [1.54, 1.807) is 0 Å². The van der Waals surface area contributed by atoms with Crippen LogP contribution in [0, 0.1) is 5.92 Å². The maximum absolute atomic E-state index is 10.1. The van der Waals surface area contributed by atoms with E-state index in [9.17, 15) is 5.11 Å². The summed E-state index contributed by atoms with van der Waals surface area (Å²) >= 11 is 0. The van der Waals surface area contributed by atoms with Gasteiger partial charge in [0.15, 0.2) is 0 Å². The second-order valence-corrected chi connectivity index (χ2v) is 4.59. The molecule has 0 bridgehead atoms. The number of nitrogens with one attached hydrogen (secondary N) is 1. The number of likely N-dealkylation sites (N-methyl/N-ethyl adjacent to an activating group) is 1. The molecule has 0 aromatic carbocycles. The van der Waals surface area contributed by atoms with Crippen molar-refractivity contribution in [3.63, 3.8) is 0 Å². The fourth-order valence-corrected chi connectivity index (χ4v) is 2.50. The minimum Gasteiger partial charge on any atom is -0.391 e. The summed E-state index contributed by atoms with van der Waals surface area (Å²) in [6.07, 6.45) is 7.63. The zero-order valence-corrected chi connectivity index (χ0v) is 9.63. The molecule has 1 aliphatic rings. The Balaban J connectivity index is 2.36. The van der Waals surface area contributed by atoms with E-state index < -0.39 is 0 Å². The lowest BCUT2D eigenvalue weighted by molar-refractivity contribution is 0.0673. The standard InChI is InChI=1S/C12H25NO/c1-3-13-10(2)12(14)11-8-6-4-5-7-9-11/h10-14H,3-9H2,1-2H3. The van der Waals surface area contributed by atoms with Crippen LogP contribution in [0.15, 0.2) is 0 Å². The maximum atomic E-state index is 10.1. The van der Waals surface area contributed by atoms with Gasteiger partial charge in [-0.05, 0) is 32.2 Å². The number of rotatable bonds is 4. The van der Waals surface area contributed by atoms with Crippen LogP contribution in [0.5, 0.6) is 0 Å². The highest BCUT2D eigenvalue weighted by Crippen LogP contribution is 2.26. The normalized spacial score (nSPS) is 24.2. The Labute approximate surface area is 88.1 Å². The van der Waals surface area contributed by atoms with Crippen molar-refractivity contribution < 1.29 is 5.11 Å². The molecule has 0 radical (unpaired) electrons. The highest BCUT2D eigenvalue weighted by Gasteiger charge is 2.24. The highest BCUT2D eigenvalue weighted by molar-refractivity contribution is 4.79. The number of aliphatic hydroxyl groups excluding tert-OH is 1. The van der Waals surface area contributed by atoms with Crippen LogP contribution in [0.4, 0.5) is 0 Å². The lowest BCUT2D eigenvalue weighted by atomic mass is 9.90. The molecular weight excluding hydrogens is 174 g/mol. The molecule has 2 heteroatoms. The first-order valence-corrected chi connectivity index (χ1v) is 6.17. The van der Waals surface area contributed by atoms with Crippen LogP contribution in [0.25, 0.3) is 0 Å². The van der Waals surface area contributed by atoms with E-state index in [0.29, 0.717) is 5.92 Å². The first-order valence-electron chi connectivity index (χ1n) is 6.17. The van der Waals surface area contributed by atoms with Crippen molar-refractivity contribution in [2.45, 2.75) is 64.5 Å². The molecule has 1 fully saturated rings. The van der Waals surface area contributed by atoms with Gasteiger partial charge in [0.25, 0.3) is 0 Å². The summed E-state index contributed by atoms with van der Waals surface area (Å²) in [5.41, 5.74) is 0. The van der Waals surface area contributed by atoms with Crippen molar-refractivity contribution in [3.8, 4) is 0 Å². The Morgan fingerprint density at radius 1 is 1.21 bits per heavy atom. The molecule has 0 aromatic rings. The lowest BCUT2D eigenvalue weighted by Gasteiger charge is -2.27. The SMILES string of the molecule is CCNC(C)C(O)C1CCCCCC1. The molecule has 84 valence electrons. The highest BCUT2D eigenvalue weighted by atomic mass is 16.3. The molecule has 0 aromatic heterocycles. The fraction of sp³-hybridized carbons (Fsp3) is 1.00. The Hall–Kier alpha value is -0.0800. The monoisotopic (exact) mass is 199 g/mol. The van der Waals surface area contributed by atoms with Crippen molar-refractivity contribution >= 4 is 0 Å². The van der Waals surface area contributed by atoms with Gasteiger partial charge >= 0.3 is 0 Å². The Bertz CT molecular complexity index is 141. The van der Waals surface area contributed by atoms with E-state index in [4.69, 9.17) is 0 Å². The molecular formula is C12H25NO. The fourth-order valence-electron chi connectivity index (χ4n) is 2.50. The molecule has 2 unspecified atom stereocenters. The van der Waals surface area contributed by atoms with Crippen LogP contribution >= 0.6 is 0 Å². The summed E-state index contributed by atoms with van der Waals surface area (Å²) in [7, 11) is 0. The van der Waals surface area contributed by atoms with Crippen LogP contribution in [0.2, 0.25) is 0 Å². The van der Waals surface area contributed by atoms with Gasteiger partial charge in [-0.3, -0.25) is 0 Å². The van der Waals surface area contributed by atoms with Crippen molar-refractivity contribution in [2.24, 2.45) is 5.92 Å². The van der Waals surface area contributed by atoms with Gasteiger partial charge in [-0.1, -0.05) is 32.6 Å². The number of hydrogen-bond donors (Lipinski definition) is 2. The van der Waals surface area contributed by atoms with Crippen molar-refractivity contribution in [1.29, 1.82) is 0 Å². The molecule has 2 atom stereocenters. The van der Waals surface area contributed by atoms with Gasteiger partial charge < -0.3 is 10.4 Å². The third-order valence-corrected chi connectivity index (χ3v) is 3.42. The van der Waals surface area contributed by atoms with Gasteiger partial charge in [0.2, 0.25) is 0 Å². The van der Waals surface area contributed by atoms with E-state index in [1.165, 1.54) is 38.5 Å². The molecule has 0 amide bonds. The van der Waals surface area contributed by atoms with Crippen LogP contribution in [0.3, 0.4) is 0 Å². The van der Waals surface area contributed by atoms with Crippen molar-refractivity contribution in [1.82, 2.24) is 5.32 Å². The molecule has 0 saturated heterocycles. The van der Waals surface area contributed by atoms with E-state index in [0.717, 1.165) is 6.54 Å². The Kier molecular flexibility index (Phi) is 5.49. The molecule has 1 saturated carbocycles. The first-order chi connectivity index (χ1) is 6.75. The predicted molar refractivity (Wildman–Crippen MR) is 60.3 cm³/mol. The molecule has 1 aliphatic carbocycles. The van der Waals surface area contributed by atoms with E-state index in [-0.39, 0.29) is 12.1 Å². The van der Waals surface area contributed by atoms with Gasteiger partial charge in [-0.15, -0.1) is 0 Å². The summed E-state index contributed by atoms with van der Waals surface area (Å²) in [6, 6.07) is 0.253. The van der Waals surface area contributed by atoms with E-state index in [2.05, 4.69) is 19.2 Å². The summed E-state index contributed by atoms with van der Waals surface area (Å²) in [5.74, 6) is 0.534. The minimum atomic E-state index is -0.145. The molecule has 0 aliphatic heterocycles. The summed E-state index contributed by atoms with van der Waals surface area (Å²) in [4.78, 5) is 0. The summed E-state index contributed by atoms with van der Waals surface area (Å²) in [5, 5.41) is 13.4. The van der Waals surface area contributed by atoms with Crippen LogP contribution in [0.1, 0.15) is 52.4 Å². The number of aliphatic hydroxyl groups is 1. The van der Waals surface area contributed by atoms with Gasteiger partial charge in [0.1, 0.15) is 0 Å². The van der Waals surface area contributed by atoms with Crippen molar-refractivity contribution in [2.75, 3.05) is 6.54 Å². The molecule has 2 nitrogen and oxygen atoms in total. The van der Waals surface area contributed by atoms with Gasteiger partial charge in [-0.25, -0.2) is 0 Å². The summed E-state index contributed by atoms with van der Waals surface area (Å²) < 4.78 is 0. The third-order valence-electron chi connectivity index (χ3n) is 3.42. The van der Waals surface area contributed by atoms with Crippen molar-refractivity contribution in [3.05, 3.63) is 0 Å². The van der Waals surface area contributed by atoms with Gasteiger partial charge in [0.05, 0.1) is 6.10 Å². The lowest BCUT2D eigenvalue weighted by Crippen LogP contribution is -2.41. The number of hydrogen-bond acceptors (Lipinski definition) is 2. The predicted octanol–water partition coefficient (Wildman–Crippen LogP) is 2.32. The molecule has 14 heavy (non-hydrogen) atoms. The quantitative estimate of drug-likeness (QED) is 0.681. The van der Waals surface area contributed by atoms with E-state index in [1.807, 2.05) is 0 Å². The zero-order chi connectivity index (χ0) is 10.4. The zero-order valence-electron chi connectivity index (χ0n) is 9.63. The van der Waals surface area contributed by atoms with Crippen LogP contribution in [-0.2, 0) is 0 Å². The van der Waals surface area contributed by atoms with E-state index >= 15 is 0 Å². The molecule has 0 spiro atoms. The van der Waals surface area contributed by atoms with Crippen LogP contribution in [-0.4, -0.2) is 23.8 Å². The largest absolute Gasteiger partial charge is 0.391 e. The smallest absolute Gasteiger partial charge is 0.0718 e. The minimum absolute atomic E-state index is 0.145. The topological polar surface area (TPSA) is 32.3 Å². The third kappa shape index (κ3) is 3.58.